The van der Waals surface area contributed by atoms with E-state index in [1.54, 1.807) is 23.9 Å². The molecule has 1 aromatic heterocycles. The number of imide groups is 1. The van der Waals surface area contributed by atoms with Crippen molar-refractivity contribution in [3.63, 3.8) is 0 Å². The Labute approximate surface area is 122 Å². The minimum atomic E-state index is -0.249. The van der Waals surface area contributed by atoms with Crippen LogP contribution in [0.5, 0.6) is 0 Å². The number of aromatic nitrogens is 1. The summed E-state index contributed by atoms with van der Waals surface area (Å²) in [7, 11) is 1.77. The highest BCUT2D eigenvalue weighted by atomic mass is 79.9. The van der Waals surface area contributed by atoms with E-state index >= 15 is 0 Å². The molecule has 8 heteroatoms. The molecule has 1 aliphatic heterocycles. The van der Waals surface area contributed by atoms with E-state index in [1.807, 2.05) is 0 Å². The number of carbonyl (C=O) groups excluding carboxylic acids is 3. The second-order valence-corrected chi connectivity index (χ2v) is 5.85. The molecule has 1 aromatic rings. The fourth-order valence-corrected chi connectivity index (χ4v) is 2.99. The van der Waals surface area contributed by atoms with Gasteiger partial charge in [-0.05, 0) is 22.0 Å². The van der Waals surface area contributed by atoms with Crippen LogP contribution in [-0.2, 0) is 11.8 Å². The van der Waals surface area contributed by atoms with Crippen molar-refractivity contribution in [3.8, 4) is 0 Å². The lowest BCUT2D eigenvalue weighted by Gasteiger charge is -2.13. The van der Waals surface area contributed by atoms with Gasteiger partial charge in [0.2, 0.25) is 5.91 Å². The number of rotatable bonds is 4. The number of halogens is 1. The van der Waals surface area contributed by atoms with E-state index < -0.39 is 0 Å². The number of hydrogen-bond acceptors (Lipinski definition) is 4. The van der Waals surface area contributed by atoms with Crippen LogP contribution in [-0.4, -0.2) is 45.4 Å². The van der Waals surface area contributed by atoms with Gasteiger partial charge in [-0.2, -0.15) is 0 Å². The molecule has 0 radical (unpaired) electrons. The molecule has 2 rings (SSSR count). The normalized spacial score (nSPS) is 15.2. The first-order chi connectivity index (χ1) is 8.99. The van der Waals surface area contributed by atoms with Crippen molar-refractivity contribution in [1.82, 2.24) is 14.8 Å². The molecule has 1 saturated heterocycles. The van der Waals surface area contributed by atoms with Gasteiger partial charge in [-0.1, -0.05) is 11.8 Å². The average Bonchev–Trinajstić information content (AvgIpc) is 2.84. The Bertz CT molecular complexity index is 527. The zero-order chi connectivity index (χ0) is 14.0. The highest BCUT2D eigenvalue weighted by Crippen LogP contribution is 2.17. The molecule has 0 unspecified atom stereocenters. The van der Waals surface area contributed by atoms with Gasteiger partial charge in [-0.15, -0.1) is 0 Å². The molecule has 3 amide bonds. The Balaban J connectivity index is 1.86. The average molecular weight is 346 g/mol. The third-order valence-corrected chi connectivity index (χ3v) is 3.96. The minimum absolute atomic E-state index is 0.192. The van der Waals surface area contributed by atoms with Crippen LogP contribution in [0.3, 0.4) is 0 Å². The lowest BCUT2D eigenvalue weighted by Crippen LogP contribution is -2.37. The standard InChI is InChI=1S/C11H12BrN3O3S/c1-14-5-7(12)4-8(14)10(17)13-2-3-15-9(16)6-19-11(15)18/h4-5H,2-3,6H2,1H3,(H,13,17). The van der Waals surface area contributed by atoms with Crippen molar-refractivity contribution < 1.29 is 14.4 Å². The zero-order valence-corrected chi connectivity index (χ0v) is 12.6. The van der Waals surface area contributed by atoms with Crippen LogP contribution in [0.25, 0.3) is 0 Å². The van der Waals surface area contributed by atoms with Crippen LogP contribution in [0.15, 0.2) is 16.7 Å². The number of thioether (sulfide) groups is 1. The molecule has 0 atom stereocenters. The van der Waals surface area contributed by atoms with E-state index in [0.717, 1.165) is 21.1 Å². The Morgan fingerprint density at radius 1 is 1.53 bits per heavy atom. The first-order valence-electron chi connectivity index (χ1n) is 5.56. The molecule has 6 nitrogen and oxygen atoms in total. The molecule has 0 bridgehead atoms. The predicted molar refractivity (Wildman–Crippen MR) is 75.0 cm³/mol. The Hall–Kier alpha value is -1.28. The summed E-state index contributed by atoms with van der Waals surface area (Å²) in [5.41, 5.74) is 0.514. The van der Waals surface area contributed by atoms with Crippen molar-refractivity contribution in [2.45, 2.75) is 0 Å². The SMILES string of the molecule is Cn1cc(Br)cc1C(=O)NCCN1C(=O)CSC1=O. The van der Waals surface area contributed by atoms with Crippen molar-refractivity contribution in [3.05, 3.63) is 22.4 Å². The monoisotopic (exact) mass is 345 g/mol. The number of amides is 3. The third-order valence-electron chi connectivity index (χ3n) is 2.67. The van der Waals surface area contributed by atoms with Crippen molar-refractivity contribution in [2.24, 2.45) is 7.05 Å². The quantitative estimate of drug-likeness (QED) is 0.890. The van der Waals surface area contributed by atoms with Gasteiger partial charge < -0.3 is 9.88 Å². The van der Waals surface area contributed by atoms with E-state index in [1.165, 1.54) is 0 Å². The molecule has 2 heterocycles. The van der Waals surface area contributed by atoms with Crippen LogP contribution in [0, 0.1) is 0 Å². The van der Waals surface area contributed by atoms with E-state index in [0.29, 0.717) is 5.69 Å². The first-order valence-corrected chi connectivity index (χ1v) is 7.34. The lowest BCUT2D eigenvalue weighted by molar-refractivity contribution is -0.124. The number of aryl methyl sites for hydroxylation is 1. The fraction of sp³-hybridized carbons (Fsp3) is 0.364. The van der Waals surface area contributed by atoms with Gasteiger partial charge in [0, 0.05) is 30.8 Å². The zero-order valence-electron chi connectivity index (χ0n) is 10.2. The van der Waals surface area contributed by atoms with E-state index in [2.05, 4.69) is 21.2 Å². The van der Waals surface area contributed by atoms with Crippen LogP contribution < -0.4 is 5.32 Å². The Morgan fingerprint density at radius 2 is 2.26 bits per heavy atom. The molecule has 102 valence electrons. The summed E-state index contributed by atoms with van der Waals surface area (Å²) in [6, 6.07) is 1.71. The minimum Gasteiger partial charge on any atom is -0.349 e. The summed E-state index contributed by atoms with van der Waals surface area (Å²) in [6.07, 6.45) is 1.78. The summed E-state index contributed by atoms with van der Waals surface area (Å²) in [4.78, 5) is 35.7. The number of nitrogens with zero attached hydrogens (tertiary/aromatic N) is 2. The largest absolute Gasteiger partial charge is 0.349 e. The molecular weight excluding hydrogens is 334 g/mol. The van der Waals surface area contributed by atoms with Gasteiger partial charge in [0.1, 0.15) is 5.69 Å². The van der Waals surface area contributed by atoms with Crippen molar-refractivity contribution >= 4 is 44.7 Å². The summed E-state index contributed by atoms with van der Waals surface area (Å²) in [6.45, 7) is 0.460. The van der Waals surface area contributed by atoms with Gasteiger partial charge in [-0.3, -0.25) is 19.3 Å². The third kappa shape index (κ3) is 3.19. The second kappa shape index (κ2) is 5.79. The van der Waals surface area contributed by atoms with Crippen molar-refractivity contribution in [1.29, 1.82) is 0 Å². The van der Waals surface area contributed by atoms with Gasteiger partial charge in [0.15, 0.2) is 0 Å². The molecule has 0 spiro atoms. The number of nitrogens with one attached hydrogen (secondary N) is 1. The van der Waals surface area contributed by atoms with Gasteiger partial charge in [0.05, 0.1) is 5.75 Å². The Morgan fingerprint density at radius 3 is 2.79 bits per heavy atom. The highest BCUT2D eigenvalue weighted by Gasteiger charge is 2.29. The van der Waals surface area contributed by atoms with Crippen LogP contribution in [0.2, 0.25) is 0 Å². The lowest BCUT2D eigenvalue weighted by atomic mass is 10.4. The maximum Gasteiger partial charge on any atom is 0.288 e. The van der Waals surface area contributed by atoms with Gasteiger partial charge >= 0.3 is 0 Å². The van der Waals surface area contributed by atoms with E-state index in [9.17, 15) is 14.4 Å². The second-order valence-electron chi connectivity index (χ2n) is 4.01. The predicted octanol–water partition coefficient (Wildman–Crippen LogP) is 1.21. The molecule has 1 aliphatic rings. The van der Waals surface area contributed by atoms with Crippen LogP contribution in [0.1, 0.15) is 10.5 Å². The molecule has 0 saturated carbocycles. The summed E-state index contributed by atoms with van der Waals surface area (Å²) in [5, 5.41) is 2.44. The van der Waals surface area contributed by atoms with Gasteiger partial charge in [0.25, 0.3) is 11.1 Å². The molecular formula is C11H12BrN3O3S. The fourth-order valence-electron chi connectivity index (χ4n) is 1.72. The summed E-state index contributed by atoms with van der Waals surface area (Å²) >= 11 is 4.28. The number of hydrogen-bond donors (Lipinski definition) is 1. The van der Waals surface area contributed by atoms with Crippen molar-refractivity contribution in [2.75, 3.05) is 18.8 Å². The van der Waals surface area contributed by atoms with Gasteiger partial charge in [-0.25, -0.2) is 0 Å². The summed E-state index contributed by atoms with van der Waals surface area (Å²) in [5.74, 6) is -0.247. The molecule has 1 N–H and O–H groups in total. The molecule has 1 fully saturated rings. The molecule has 19 heavy (non-hydrogen) atoms. The van der Waals surface area contributed by atoms with E-state index in [4.69, 9.17) is 0 Å². The smallest absolute Gasteiger partial charge is 0.288 e. The number of carbonyl (C=O) groups is 3. The Kier molecular flexibility index (Phi) is 4.31. The summed E-state index contributed by atoms with van der Waals surface area (Å²) < 4.78 is 2.52. The van der Waals surface area contributed by atoms with Crippen LogP contribution in [0.4, 0.5) is 4.79 Å². The first kappa shape index (κ1) is 14.1. The van der Waals surface area contributed by atoms with Crippen LogP contribution >= 0.6 is 27.7 Å². The highest BCUT2D eigenvalue weighted by molar-refractivity contribution is 9.10. The molecule has 0 aliphatic carbocycles. The molecule has 0 aromatic carbocycles. The maximum atomic E-state index is 11.9. The van der Waals surface area contributed by atoms with E-state index in [-0.39, 0.29) is 35.9 Å². The topological polar surface area (TPSA) is 71.4 Å². The maximum absolute atomic E-state index is 11.9.